The number of aliphatic hydroxyl groups is 1. The molecule has 0 bridgehead atoms. The van der Waals surface area contributed by atoms with Crippen LogP contribution in [0.3, 0.4) is 0 Å². The molecule has 6 nitrogen and oxygen atoms in total. The van der Waals surface area contributed by atoms with Crippen LogP contribution in [0.5, 0.6) is 0 Å². The van der Waals surface area contributed by atoms with E-state index in [-0.39, 0.29) is 17.6 Å². The third-order valence-corrected chi connectivity index (χ3v) is 3.20. The number of nitro groups is 1. The van der Waals surface area contributed by atoms with Crippen molar-refractivity contribution in [2.75, 3.05) is 13.2 Å². The zero-order chi connectivity index (χ0) is 16.3. The van der Waals surface area contributed by atoms with E-state index in [9.17, 15) is 20.0 Å². The second-order valence-electron chi connectivity index (χ2n) is 5.90. The fraction of sp³-hybridized carbons (Fsp3) is 0.533. The minimum atomic E-state index is -2.27. The van der Waals surface area contributed by atoms with Crippen molar-refractivity contribution in [2.24, 2.45) is 0 Å². The van der Waals surface area contributed by atoms with Crippen molar-refractivity contribution in [2.45, 2.75) is 38.7 Å². The number of esters is 1. The monoisotopic (exact) mass is 295 g/mol. The summed E-state index contributed by atoms with van der Waals surface area (Å²) in [6, 6.07) is 6.56. The van der Waals surface area contributed by atoms with E-state index in [0.717, 1.165) is 5.56 Å². The van der Waals surface area contributed by atoms with E-state index in [2.05, 4.69) is 0 Å². The van der Waals surface area contributed by atoms with E-state index >= 15 is 0 Å². The normalized spacial score (nSPS) is 14.3. The molecule has 21 heavy (non-hydrogen) atoms. The zero-order valence-corrected chi connectivity index (χ0v) is 12.8. The molecule has 116 valence electrons. The van der Waals surface area contributed by atoms with E-state index in [1.807, 2.05) is 20.8 Å². The molecule has 0 aliphatic carbocycles. The summed E-state index contributed by atoms with van der Waals surface area (Å²) in [6.45, 7) is 6.76. The van der Waals surface area contributed by atoms with Crippen LogP contribution >= 0.6 is 0 Å². The Bertz CT molecular complexity index is 518. The minimum Gasteiger partial charge on any atom is -0.463 e. The molecule has 0 fully saturated rings. The van der Waals surface area contributed by atoms with Crippen molar-refractivity contribution in [3.8, 4) is 0 Å². The Morgan fingerprint density at radius 3 is 2.10 bits per heavy atom. The van der Waals surface area contributed by atoms with Gasteiger partial charge in [0, 0.05) is 10.5 Å². The van der Waals surface area contributed by atoms with Gasteiger partial charge in [0.05, 0.1) is 6.61 Å². The summed E-state index contributed by atoms with van der Waals surface area (Å²) in [5.41, 5.74) is -1.20. The molecule has 1 aromatic rings. The van der Waals surface area contributed by atoms with Crippen molar-refractivity contribution < 1.29 is 19.6 Å². The van der Waals surface area contributed by atoms with Gasteiger partial charge in [-0.25, -0.2) is 4.79 Å². The summed E-state index contributed by atoms with van der Waals surface area (Å²) < 4.78 is 4.77. The Balaban J connectivity index is 3.21. The van der Waals surface area contributed by atoms with Crippen molar-refractivity contribution in [3.05, 3.63) is 45.5 Å². The lowest BCUT2D eigenvalue weighted by atomic mass is 9.84. The lowest BCUT2D eigenvalue weighted by Gasteiger charge is -2.24. The highest BCUT2D eigenvalue weighted by Gasteiger charge is 2.45. The highest BCUT2D eigenvalue weighted by atomic mass is 16.6. The number of hydrogen-bond donors (Lipinski definition) is 1. The number of rotatable bonds is 5. The standard InChI is InChI=1S/C15H21NO5/c1-5-21-13(17)15(18,10-16(19)20)12-8-6-11(7-9-12)14(2,3)4/h6-9,18H,5,10H2,1-4H3/t15-/m0/s1. The molecule has 0 heterocycles. The first-order valence-electron chi connectivity index (χ1n) is 6.73. The lowest BCUT2D eigenvalue weighted by Crippen LogP contribution is -2.43. The Kier molecular flexibility index (Phi) is 5.06. The maximum absolute atomic E-state index is 11.9. The van der Waals surface area contributed by atoms with Gasteiger partial charge in [0.2, 0.25) is 6.54 Å². The molecule has 6 heteroatoms. The summed E-state index contributed by atoms with van der Waals surface area (Å²) in [5.74, 6) is -1.01. The first-order chi connectivity index (χ1) is 9.61. The predicted octanol–water partition coefficient (Wildman–Crippen LogP) is 2.01. The highest BCUT2D eigenvalue weighted by Crippen LogP contribution is 2.27. The molecule has 0 saturated heterocycles. The molecule has 0 aromatic heterocycles. The first kappa shape index (κ1) is 17.1. The van der Waals surface area contributed by atoms with E-state index in [4.69, 9.17) is 4.74 Å². The van der Waals surface area contributed by atoms with Crippen molar-refractivity contribution in [3.63, 3.8) is 0 Å². The number of carbonyl (C=O) groups excluding carboxylic acids is 1. The quantitative estimate of drug-likeness (QED) is 0.510. The van der Waals surface area contributed by atoms with Gasteiger partial charge in [0.1, 0.15) is 0 Å². The topological polar surface area (TPSA) is 89.7 Å². The van der Waals surface area contributed by atoms with Crippen LogP contribution in [0, 0.1) is 10.1 Å². The van der Waals surface area contributed by atoms with Gasteiger partial charge in [-0.15, -0.1) is 0 Å². The van der Waals surface area contributed by atoms with Crippen molar-refractivity contribution >= 4 is 5.97 Å². The highest BCUT2D eigenvalue weighted by molar-refractivity contribution is 5.81. The van der Waals surface area contributed by atoms with Crippen LogP contribution in [-0.4, -0.2) is 29.2 Å². The van der Waals surface area contributed by atoms with Gasteiger partial charge in [-0.05, 0) is 17.9 Å². The van der Waals surface area contributed by atoms with Gasteiger partial charge in [0.25, 0.3) is 5.60 Å². The maximum Gasteiger partial charge on any atom is 0.349 e. The molecular formula is C15H21NO5. The van der Waals surface area contributed by atoms with E-state index in [1.165, 1.54) is 12.1 Å². The van der Waals surface area contributed by atoms with Gasteiger partial charge in [-0.3, -0.25) is 10.1 Å². The molecule has 0 spiro atoms. The SMILES string of the molecule is CCOC(=O)[C@](O)(C[N+](=O)[O-])c1ccc(C(C)(C)C)cc1. The molecule has 0 aliphatic rings. The second kappa shape index (κ2) is 6.22. The van der Waals surface area contributed by atoms with Crippen LogP contribution < -0.4 is 0 Å². The second-order valence-corrected chi connectivity index (χ2v) is 5.90. The summed E-state index contributed by atoms with van der Waals surface area (Å²) in [7, 11) is 0. The molecule has 0 radical (unpaired) electrons. The average Bonchev–Trinajstić information content (AvgIpc) is 2.37. The van der Waals surface area contributed by atoms with Crippen molar-refractivity contribution in [1.29, 1.82) is 0 Å². The van der Waals surface area contributed by atoms with Crippen LogP contribution in [0.25, 0.3) is 0 Å². The third-order valence-electron chi connectivity index (χ3n) is 3.20. The number of nitrogens with zero attached hydrogens (tertiary/aromatic N) is 1. The predicted molar refractivity (Wildman–Crippen MR) is 77.5 cm³/mol. The van der Waals surface area contributed by atoms with Crippen LogP contribution in [0.2, 0.25) is 0 Å². The third kappa shape index (κ3) is 4.01. The van der Waals surface area contributed by atoms with Crippen molar-refractivity contribution in [1.82, 2.24) is 0 Å². The van der Waals surface area contributed by atoms with Gasteiger partial charge >= 0.3 is 5.97 Å². The van der Waals surface area contributed by atoms with Crippen LogP contribution in [0.4, 0.5) is 0 Å². The molecule has 1 N–H and O–H groups in total. The minimum absolute atomic E-state index is 0.0406. The summed E-state index contributed by atoms with van der Waals surface area (Å²) in [4.78, 5) is 21.9. The smallest absolute Gasteiger partial charge is 0.349 e. The number of ether oxygens (including phenoxy) is 1. The number of benzene rings is 1. The molecule has 1 aromatic carbocycles. The van der Waals surface area contributed by atoms with E-state index < -0.39 is 23.0 Å². The summed E-state index contributed by atoms with van der Waals surface area (Å²) in [5, 5.41) is 21.2. The molecule has 0 unspecified atom stereocenters. The Morgan fingerprint density at radius 2 is 1.71 bits per heavy atom. The maximum atomic E-state index is 11.9. The molecule has 1 rings (SSSR count). The molecular weight excluding hydrogens is 274 g/mol. The molecule has 1 atom stereocenters. The van der Waals surface area contributed by atoms with Gasteiger partial charge in [-0.1, -0.05) is 45.0 Å². The van der Waals surface area contributed by atoms with Crippen LogP contribution in [0.1, 0.15) is 38.8 Å². The Hall–Kier alpha value is -1.95. The molecule has 0 aliphatic heterocycles. The van der Waals surface area contributed by atoms with Gasteiger partial charge < -0.3 is 9.84 Å². The first-order valence-corrected chi connectivity index (χ1v) is 6.73. The van der Waals surface area contributed by atoms with Crippen LogP contribution in [-0.2, 0) is 20.5 Å². The molecule has 0 saturated carbocycles. The fourth-order valence-electron chi connectivity index (χ4n) is 1.96. The summed E-state index contributed by atoms with van der Waals surface area (Å²) >= 11 is 0. The Labute approximate surface area is 123 Å². The van der Waals surface area contributed by atoms with E-state index in [0.29, 0.717) is 0 Å². The number of carbonyl (C=O) groups is 1. The fourth-order valence-corrected chi connectivity index (χ4v) is 1.96. The van der Waals surface area contributed by atoms with Crippen LogP contribution in [0.15, 0.2) is 24.3 Å². The van der Waals surface area contributed by atoms with Gasteiger partial charge in [0.15, 0.2) is 0 Å². The largest absolute Gasteiger partial charge is 0.463 e. The summed E-state index contributed by atoms with van der Waals surface area (Å²) in [6.07, 6.45) is 0. The Morgan fingerprint density at radius 1 is 1.24 bits per heavy atom. The zero-order valence-electron chi connectivity index (χ0n) is 12.8. The molecule has 0 amide bonds. The van der Waals surface area contributed by atoms with E-state index in [1.54, 1.807) is 19.1 Å². The average molecular weight is 295 g/mol. The lowest BCUT2D eigenvalue weighted by molar-refractivity contribution is -0.499. The van der Waals surface area contributed by atoms with Gasteiger partial charge in [-0.2, -0.15) is 0 Å². The number of hydrogen-bond acceptors (Lipinski definition) is 5.